The highest BCUT2D eigenvalue weighted by atomic mass is 35.5. The molecular weight excluding hydrogens is 567 g/mol. The molecule has 206 valence electrons. The molecular formula is C27H20Cl2N2O9. The molecule has 0 fully saturated rings. The summed E-state index contributed by atoms with van der Waals surface area (Å²) in [6, 6.07) is 14.9. The van der Waals surface area contributed by atoms with Crippen LogP contribution in [0.1, 0.15) is 43.9 Å². The molecule has 3 aromatic rings. The van der Waals surface area contributed by atoms with Gasteiger partial charge in [-0.15, -0.1) is 0 Å². The van der Waals surface area contributed by atoms with Crippen LogP contribution >= 0.6 is 23.2 Å². The van der Waals surface area contributed by atoms with Crippen LogP contribution in [0.5, 0.6) is 0 Å². The van der Waals surface area contributed by atoms with Crippen LogP contribution < -0.4 is 5.32 Å². The van der Waals surface area contributed by atoms with E-state index in [4.69, 9.17) is 32.7 Å². The lowest BCUT2D eigenvalue weighted by molar-refractivity contribution is -0.384. The number of non-ortho nitro benzene ring substituents is 1. The molecule has 0 aliphatic carbocycles. The number of hydrogen-bond acceptors (Lipinski definition) is 9. The highest BCUT2D eigenvalue weighted by Crippen LogP contribution is 2.21. The fourth-order valence-corrected chi connectivity index (χ4v) is 3.74. The Labute approximate surface area is 237 Å². The number of nitro benzene ring substituents is 1. The third-order valence-electron chi connectivity index (χ3n) is 5.27. The molecule has 0 bridgehead atoms. The third-order valence-corrected chi connectivity index (χ3v) is 5.82. The van der Waals surface area contributed by atoms with Gasteiger partial charge in [0.1, 0.15) is 0 Å². The molecule has 13 heteroatoms. The van der Waals surface area contributed by atoms with Crippen molar-refractivity contribution in [2.75, 3.05) is 18.5 Å². The van der Waals surface area contributed by atoms with Crippen molar-refractivity contribution in [1.82, 2.24) is 0 Å². The van der Waals surface area contributed by atoms with Gasteiger partial charge < -0.3 is 14.8 Å². The Bertz CT molecular complexity index is 1470. The van der Waals surface area contributed by atoms with Gasteiger partial charge in [0, 0.05) is 40.4 Å². The second-order valence-corrected chi connectivity index (χ2v) is 8.98. The molecule has 3 rings (SSSR count). The highest BCUT2D eigenvalue weighted by Gasteiger charge is 2.16. The van der Waals surface area contributed by atoms with E-state index in [2.05, 4.69) is 5.32 Å². The standard InChI is InChI=1S/C27H20Cl2N2O9/c28-18-6-9-21(22(29)13-18)24(33)15-39-26(35)11-10-25(34)30-19-7-4-16(5-8-19)27(36)40-14-23(32)17-2-1-3-20(12-17)31(37)38/h1-9,12-13H,10-11,14-15H2,(H,30,34). The van der Waals surface area contributed by atoms with Gasteiger partial charge in [-0.3, -0.25) is 29.3 Å². The summed E-state index contributed by atoms with van der Waals surface area (Å²) in [5, 5.41) is 13.9. The smallest absolute Gasteiger partial charge is 0.338 e. The van der Waals surface area contributed by atoms with Crippen LogP contribution in [0.3, 0.4) is 0 Å². The minimum absolute atomic E-state index is 0.0292. The first kappa shape index (κ1) is 29.9. The molecule has 0 unspecified atom stereocenters. The number of Topliss-reactive ketones (excluding diaryl/α,β-unsaturated/α-hetero) is 2. The van der Waals surface area contributed by atoms with Gasteiger partial charge in [0.05, 0.1) is 21.9 Å². The zero-order valence-electron chi connectivity index (χ0n) is 20.6. The van der Waals surface area contributed by atoms with Crippen molar-refractivity contribution in [2.24, 2.45) is 0 Å². The number of halogens is 2. The van der Waals surface area contributed by atoms with Gasteiger partial charge in [0.15, 0.2) is 13.2 Å². The summed E-state index contributed by atoms with van der Waals surface area (Å²) in [6.45, 7) is -1.16. The summed E-state index contributed by atoms with van der Waals surface area (Å²) in [4.78, 5) is 70.9. The number of amides is 1. The number of carbonyl (C=O) groups is 5. The maximum absolute atomic E-state index is 12.2. The Kier molecular flexibility index (Phi) is 10.5. The Hall–Kier alpha value is -4.61. The molecule has 0 aliphatic heterocycles. The molecule has 0 heterocycles. The number of nitrogens with zero attached hydrogens (tertiary/aromatic N) is 1. The number of carbonyl (C=O) groups excluding carboxylic acids is 5. The second-order valence-electron chi connectivity index (χ2n) is 8.14. The monoisotopic (exact) mass is 586 g/mol. The maximum atomic E-state index is 12.2. The molecule has 0 saturated carbocycles. The summed E-state index contributed by atoms with van der Waals surface area (Å²) in [6.07, 6.45) is -0.505. The maximum Gasteiger partial charge on any atom is 0.338 e. The van der Waals surface area contributed by atoms with Crippen LogP contribution in [0.25, 0.3) is 0 Å². The molecule has 40 heavy (non-hydrogen) atoms. The fourth-order valence-electron chi connectivity index (χ4n) is 3.23. The number of esters is 2. The van der Waals surface area contributed by atoms with E-state index in [1.54, 1.807) is 0 Å². The SMILES string of the molecule is O=C(CCC(=O)OCC(=O)c1ccc(Cl)cc1Cl)Nc1ccc(C(=O)OCC(=O)c2cccc([N+](=O)[O-])c2)cc1. The molecule has 0 atom stereocenters. The number of nitro groups is 1. The van der Waals surface area contributed by atoms with Gasteiger partial charge in [-0.05, 0) is 42.5 Å². The number of ketones is 2. The van der Waals surface area contributed by atoms with E-state index in [0.717, 1.165) is 6.07 Å². The van der Waals surface area contributed by atoms with Crippen LogP contribution in [0.15, 0.2) is 66.7 Å². The predicted octanol–water partition coefficient (Wildman–Crippen LogP) is 5.09. The van der Waals surface area contributed by atoms with E-state index in [1.807, 2.05) is 0 Å². The molecule has 0 aliphatic rings. The van der Waals surface area contributed by atoms with Crippen molar-refractivity contribution < 1.29 is 38.4 Å². The van der Waals surface area contributed by atoms with Crippen molar-refractivity contribution in [2.45, 2.75) is 12.8 Å². The number of rotatable bonds is 12. The Morgan fingerprint density at radius 3 is 2.17 bits per heavy atom. The van der Waals surface area contributed by atoms with E-state index in [0.29, 0.717) is 10.7 Å². The van der Waals surface area contributed by atoms with Crippen molar-refractivity contribution in [3.63, 3.8) is 0 Å². The number of benzene rings is 3. The molecule has 11 nitrogen and oxygen atoms in total. The van der Waals surface area contributed by atoms with Gasteiger partial charge in [-0.1, -0.05) is 35.3 Å². The van der Waals surface area contributed by atoms with Crippen LogP contribution in [0.2, 0.25) is 10.0 Å². The van der Waals surface area contributed by atoms with Crippen LogP contribution in [-0.2, 0) is 19.1 Å². The van der Waals surface area contributed by atoms with Gasteiger partial charge in [0.25, 0.3) is 5.69 Å². The van der Waals surface area contributed by atoms with Crippen molar-refractivity contribution in [1.29, 1.82) is 0 Å². The summed E-state index contributed by atoms with van der Waals surface area (Å²) in [5.41, 5.74) is 0.342. The average molecular weight is 587 g/mol. The zero-order valence-corrected chi connectivity index (χ0v) is 22.1. The number of nitrogens with one attached hydrogen (secondary N) is 1. The van der Waals surface area contributed by atoms with Crippen LogP contribution in [0, 0.1) is 10.1 Å². The van der Waals surface area contributed by atoms with Crippen molar-refractivity contribution in [3.05, 3.63) is 104 Å². The van der Waals surface area contributed by atoms with Gasteiger partial charge in [0.2, 0.25) is 17.5 Å². The summed E-state index contributed by atoms with van der Waals surface area (Å²) < 4.78 is 9.88. The third kappa shape index (κ3) is 8.72. The van der Waals surface area contributed by atoms with E-state index in [-0.39, 0.29) is 40.2 Å². The average Bonchev–Trinajstić information content (AvgIpc) is 2.93. The lowest BCUT2D eigenvalue weighted by Crippen LogP contribution is -2.17. The van der Waals surface area contributed by atoms with E-state index in [1.165, 1.54) is 60.7 Å². The molecule has 0 radical (unpaired) electrons. The van der Waals surface area contributed by atoms with E-state index >= 15 is 0 Å². The summed E-state index contributed by atoms with van der Waals surface area (Å²) in [7, 11) is 0. The van der Waals surface area contributed by atoms with Crippen LogP contribution in [0.4, 0.5) is 11.4 Å². The summed E-state index contributed by atoms with van der Waals surface area (Å²) in [5.74, 6) is -3.22. The molecule has 0 spiro atoms. The first-order chi connectivity index (χ1) is 19.0. The topological polar surface area (TPSA) is 159 Å². The van der Waals surface area contributed by atoms with E-state index < -0.39 is 47.5 Å². The van der Waals surface area contributed by atoms with Gasteiger partial charge >= 0.3 is 11.9 Å². The first-order valence-electron chi connectivity index (χ1n) is 11.5. The van der Waals surface area contributed by atoms with Crippen molar-refractivity contribution in [3.8, 4) is 0 Å². The summed E-state index contributed by atoms with van der Waals surface area (Å²) >= 11 is 11.7. The Balaban J connectivity index is 1.41. The lowest BCUT2D eigenvalue weighted by atomic mass is 10.1. The van der Waals surface area contributed by atoms with Crippen LogP contribution in [-0.4, -0.2) is 47.5 Å². The Morgan fingerprint density at radius 1 is 0.800 bits per heavy atom. The lowest BCUT2D eigenvalue weighted by Gasteiger charge is -2.08. The molecule has 1 amide bonds. The fraction of sp³-hybridized carbons (Fsp3) is 0.148. The van der Waals surface area contributed by atoms with Gasteiger partial charge in [-0.2, -0.15) is 0 Å². The second kappa shape index (κ2) is 14.0. The zero-order chi connectivity index (χ0) is 29.2. The number of anilines is 1. The molecule has 0 aromatic heterocycles. The minimum atomic E-state index is -0.811. The normalized spacial score (nSPS) is 10.3. The minimum Gasteiger partial charge on any atom is -0.457 e. The van der Waals surface area contributed by atoms with Crippen molar-refractivity contribution >= 4 is 64.0 Å². The van der Waals surface area contributed by atoms with Gasteiger partial charge in [-0.25, -0.2) is 4.79 Å². The molecule has 0 saturated heterocycles. The number of hydrogen-bond donors (Lipinski definition) is 1. The molecule has 3 aromatic carbocycles. The predicted molar refractivity (Wildman–Crippen MR) is 144 cm³/mol. The quantitative estimate of drug-likeness (QED) is 0.132. The largest absolute Gasteiger partial charge is 0.457 e. The Morgan fingerprint density at radius 2 is 1.50 bits per heavy atom. The first-order valence-corrected chi connectivity index (χ1v) is 12.3. The highest BCUT2D eigenvalue weighted by molar-refractivity contribution is 6.36. The molecule has 1 N–H and O–H groups in total. The number of ether oxygens (including phenoxy) is 2. The van der Waals surface area contributed by atoms with E-state index in [9.17, 15) is 34.1 Å².